The average molecular weight is 187 g/mol. The van der Waals surface area contributed by atoms with Crippen molar-refractivity contribution in [3.05, 3.63) is 37.1 Å². The minimum Gasteiger partial charge on any atom is -0.261 e. The van der Waals surface area contributed by atoms with Crippen molar-refractivity contribution < 1.29 is 4.68 Å². The molecule has 4 heteroatoms. The van der Waals surface area contributed by atoms with E-state index in [0.717, 1.165) is 17.8 Å². The van der Waals surface area contributed by atoms with Gasteiger partial charge >= 0.3 is 0 Å². The Balaban J connectivity index is 2.34. The minimum absolute atomic E-state index is 0.850. The maximum atomic E-state index is 4.22. The van der Waals surface area contributed by atoms with Crippen molar-refractivity contribution in [1.29, 1.82) is 0 Å². The van der Waals surface area contributed by atoms with Crippen molar-refractivity contribution >= 4 is 0 Å². The lowest BCUT2D eigenvalue weighted by Gasteiger charge is -1.96. The zero-order valence-corrected chi connectivity index (χ0v) is 7.96. The van der Waals surface area contributed by atoms with Crippen LogP contribution in [0.3, 0.4) is 0 Å². The lowest BCUT2D eigenvalue weighted by atomic mass is 10.2. The van der Waals surface area contributed by atoms with Crippen LogP contribution in [0.25, 0.3) is 11.3 Å². The summed E-state index contributed by atoms with van der Waals surface area (Å²) >= 11 is 0. The lowest BCUT2D eigenvalue weighted by Crippen LogP contribution is -2.35. The van der Waals surface area contributed by atoms with Crippen LogP contribution < -0.4 is 4.68 Å². The predicted octanol–water partition coefficient (Wildman–Crippen LogP) is 0.846. The van der Waals surface area contributed by atoms with Gasteiger partial charge < -0.3 is 0 Å². The van der Waals surface area contributed by atoms with E-state index in [-0.39, 0.29) is 0 Å². The van der Waals surface area contributed by atoms with Crippen molar-refractivity contribution in [2.24, 2.45) is 0 Å². The number of nitrogens with zero attached hydrogens (tertiary/aromatic N) is 4. The first-order chi connectivity index (χ1) is 6.90. The van der Waals surface area contributed by atoms with Gasteiger partial charge in [0.1, 0.15) is 6.20 Å². The van der Waals surface area contributed by atoms with Crippen LogP contribution in [0.1, 0.15) is 6.92 Å². The first-order valence-electron chi connectivity index (χ1n) is 4.52. The van der Waals surface area contributed by atoms with E-state index < -0.39 is 0 Å². The third-order valence-corrected chi connectivity index (χ3v) is 1.95. The summed E-state index contributed by atoms with van der Waals surface area (Å²) in [5.74, 6) is 0. The van der Waals surface area contributed by atoms with E-state index in [1.165, 1.54) is 0 Å². The van der Waals surface area contributed by atoms with Gasteiger partial charge in [-0.3, -0.25) is 9.97 Å². The normalized spacial score (nSPS) is 10.1. The van der Waals surface area contributed by atoms with E-state index in [2.05, 4.69) is 22.0 Å². The molecule has 0 saturated heterocycles. The minimum atomic E-state index is 0.850. The fourth-order valence-electron chi connectivity index (χ4n) is 1.17. The van der Waals surface area contributed by atoms with Crippen molar-refractivity contribution in [2.75, 3.05) is 0 Å². The fraction of sp³-hybridized carbons (Fsp3) is 0.200. The Labute approximate surface area is 82.3 Å². The predicted molar refractivity (Wildman–Crippen MR) is 51.1 cm³/mol. The molecule has 0 aliphatic carbocycles. The van der Waals surface area contributed by atoms with E-state index in [0.29, 0.717) is 0 Å². The number of hydrogen-bond donors (Lipinski definition) is 0. The Morgan fingerprint density at radius 3 is 2.79 bits per heavy atom. The molecule has 0 N–H and O–H groups in total. The molecule has 70 valence electrons. The molecule has 0 unspecified atom stereocenters. The molecule has 4 nitrogen and oxygen atoms in total. The van der Waals surface area contributed by atoms with Crippen molar-refractivity contribution in [1.82, 2.24) is 15.1 Å². The van der Waals surface area contributed by atoms with Crippen LogP contribution in [-0.2, 0) is 6.54 Å². The molecular formula is C10H11N4+. The topological polar surface area (TPSA) is 42.5 Å². The summed E-state index contributed by atoms with van der Waals surface area (Å²) in [4.78, 5) is 8.20. The van der Waals surface area contributed by atoms with Gasteiger partial charge in [0.25, 0.3) is 0 Å². The van der Waals surface area contributed by atoms with Crippen LogP contribution in [0.5, 0.6) is 0 Å². The van der Waals surface area contributed by atoms with E-state index in [1.807, 2.05) is 16.9 Å². The molecule has 0 atom stereocenters. The molecule has 0 spiro atoms. The average Bonchev–Trinajstić information content (AvgIpc) is 2.30. The molecule has 0 aliphatic heterocycles. The van der Waals surface area contributed by atoms with Gasteiger partial charge in [0.05, 0.1) is 11.9 Å². The fourth-order valence-corrected chi connectivity index (χ4v) is 1.17. The van der Waals surface area contributed by atoms with Gasteiger partial charge in [-0.15, -0.1) is 0 Å². The van der Waals surface area contributed by atoms with Crippen LogP contribution in [-0.4, -0.2) is 15.1 Å². The molecule has 0 bridgehead atoms. The van der Waals surface area contributed by atoms with Crippen LogP contribution >= 0.6 is 0 Å². The largest absolute Gasteiger partial charge is 0.261 e. The van der Waals surface area contributed by atoms with E-state index in [1.54, 1.807) is 24.8 Å². The maximum absolute atomic E-state index is 4.22. The van der Waals surface area contributed by atoms with Gasteiger partial charge in [0.15, 0.2) is 12.7 Å². The smallest absolute Gasteiger partial charge is 0.196 e. The SMILES string of the molecule is CC[n+]1ccc(-c2cnccn2)cn1. The second kappa shape index (κ2) is 3.91. The summed E-state index contributed by atoms with van der Waals surface area (Å²) < 4.78 is 1.86. The molecule has 0 aliphatic rings. The molecule has 0 aromatic carbocycles. The quantitative estimate of drug-likeness (QED) is 0.654. The highest BCUT2D eigenvalue weighted by molar-refractivity contribution is 5.54. The Hall–Kier alpha value is -1.84. The number of aryl methyl sites for hydroxylation is 1. The zero-order chi connectivity index (χ0) is 9.80. The second-order valence-corrected chi connectivity index (χ2v) is 2.86. The Morgan fingerprint density at radius 1 is 1.29 bits per heavy atom. The summed E-state index contributed by atoms with van der Waals surface area (Å²) in [5.41, 5.74) is 1.84. The Bertz CT molecular complexity index is 396. The van der Waals surface area contributed by atoms with Gasteiger partial charge in [-0.1, -0.05) is 4.68 Å². The molecule has 2 rings (SSSR count). The van der Waals surface area contributed by atoms with Crippen LogP contribution in [0.2, 0.25) is 0 Å². The highest BCUT2D eigenvalue weighted by atomic mass is 15.2. The summed E-state index contributed by atoms with van der Waals surface area (Å²) in [6, 6.07) is 1.99. The number of hydrogen-bond acceptors (Lipinski definition) is 3. The summed E-state index contributed by atoms with van der Waals surface area (Å²) in [6.07, 6.45) is 8.80. The van der Waals surface area contributed by atoms with Gasteiger partial charge in [0.2, 0.25) is 0 Å². The summed E-state index contributed by atoms with van der Waals surface area (Å²) in [6.45, 7) is 2.93. The van der Waals surface area contributed by atoms with E-state index >= 15 is 0 Å². The zero-order valence-electron chi connectivity index (χ0n) is 7.96. The third kappa shape index (κ3) is 1.74. The van der Waals surface area contributed by atoms with Crippen LogP contribution in [0.4, 0.5) is 0 Å². The highest BCUT2D eigenvalue weighted by Gasteiger charge is 2.02. The Kier molecular flexibility index (Phi) is 2.44. The first-order valence-corrected chi connectivity index (χ1v) is 4.52. The van der Waals surface area contributed by atoms with Crippen molar-refractivity contribution in [3.63, 3.8) is 0 Å². The lowest BCUT2D eigenvalue weighted by molar-refractivity contribution is -0.750. The molecule has 0 saturated carbocycles. The molecule has 14 heavy (non-hydrogen) atoms. The first kappa shape index (κ1) is 8.74. The standard InChI is InChI=1S/C10H11N4/c1-2-14-6-3-9(7-13-14)10-8-11-4-5-12-10/h3-8H,2H2,1H3/q+1. The van der Waals surface area contributed by atoms with Crippen LogP contribution in [0.15, 0.2) is 37.1 Å². The second-order valence-electron chi connectivity index (χ2n) is 2.86. The monoisotopic (exact) mass is 187 g/mol. The summed E-state index contributed by atoms with van der Waals surface area (Å²) in [5, 5.41) is 4.22. The highest BCUT2D eigenvalue weighted by Crippen LogP contribution is 2.10. The molecule has 0 radical (unpaired) electrons. The van der Waals surface area contributed by atoms with Gasteiger partial charge in [0, 0.05) is 24.0 Å². The molecule has 0 amide bonds. The van der Waals surface area contributed by atoms with Gasteiger partial charge in [-0.05, 0) is 12.0 Å². The molecule has 2 aromatic heterocycles. The number of rotatable bonds is 2. The Morgan fingerprint density at radius 2 is 2.21 bits per heavy atom. The maximum Gasteiger partial charge on any atom is 0.196 e. The van der Waals surface area contributed by atoms with Crippen molar-refractivity contribution in [3.8, 4) is 11.3 Å². The third-order valence-electron chi connectivity index (χ3n) is 1.95. The molecule has 0 fully saturated rings. The molecular weight excluding hydrogens is 176 g/mol. The van der Waals surface area contributed by atoms with Gasteiger partial charge in [-0.2, -0.15) is 0 Å². The van der Waals surface area contributed by atoms with E-state index in [9.17, 15) is 0 Å². The van der Waals surface area contributed by atoms with Crippen molar-refractivity contribution in [2.45, 2.75) is 13.5 Å². The van der Waals surface area contributed by atoms with E-state index in [4.69, 9.17) is 0 Å². The summed E-state index contributed by atoms with van der Waals surface area (Å²) in [7, 11) is 0. The molecule has 2 heterocycles. The van der Waals surface area contributed by atoms with Gasteiger partial charge in [-0.25, -0.2) is 0 Å². The van der Waals surface area contributed by atoms with Crippen LogP contribution in [0, 0.1) is 0 Å². The molecule has 2 aromatic rings. The number of aromatic nitrogens is 4.